The molecule has 2 nitrogen and oxygen atoms in total. The van der Waals surface area contributed by atoms with E-state index in [1.807, 2.05) is 49.6 Å². The zero-order chi connectivity index (χ0) is 40.8. The maximum Gasteiger partial charge on any atom is 0.0408 e. The smallest absolute Gasteiger partial charge is 0.0408 e. The molecule has 2 heteroatoms. The van der Waals surface area contributed by atoms with Gasteiger partial charge in [-0.25, -0.2) is 0 Å². The van der Waals surface area contributed by atoms with Crippen molar-refractivity contribution in [2.45, 2.75) is 60.8 Å². The summed E-state index contributed by atoms with van der Waals surface area (Å²) in [6, 6.07) is 10.4. The predicted octanol–water partition coefficient (Wildman–Crippen LogP) is 15.0. The van der Waals surface area contributed by atoms with E-state index in [9.17, 15) is 0 Å². The fourth-order valence-corrected chi connectivity index (χ4v) is 5.54. The number of hydrogen-bond donors (Lipinski definition) is 0. The first-order valence-corrected chi connectivity index (χ1v) is 19.9. The van der Waals surface area contributed by atoms with E-state index in [1.165, 1.54) is 33.6 Å². The van der Waals surface area contributed by atoms with Gasteiger partial charge in [0.25, 0.3) is 0 Å². The molecule has 0 bridgehead atoms. The Balaban J connectivity index is 2.25. The first-order chi connectivity index (χ1) is 27.2. The lowest BCUT2D eigenvalue weighted by Gasteiger charge is -2.19. The number of allylic oxidation sites excluding steroid dienone is 27. The van der Waals surface area contributed by atoms with Gasteiger partial charge in [0.05, 0.1) is 0 Å². The average Bonchev–Trinajstić information content (AvgIpc) is 3.21. The summed E-state index contributed by atoms with van der Waals surface area (Å²) in [5.41, 5.74) is 9.28. The summed E-state index contributed by atoms with van der Waals surface area (Å²) in [5.74, 6) is 0.418. The standard InChI is InChI=1S/C54H66N2/c1-10-14-16-25-42-55(45-28-24-35-54-34-22-21-30-46(54)5)49(8)38-36-47(6)52(13-4)40-37-48(7)53(29-12-3)41-39-50(9)56(43-26-17-15-11-2)44-27-23-33-51-31-19-18-20-32-51/h10-11,14-28,30-42,44,46H,1,6,8,12-13,29,43,45H2,2-5,7,9H3/b15-11-,16-14-,26-17-,28-24-,33-23-,38-36-,42-25+,44-27+,48-37+,50-39+,52-40+,53-41+,54-35-. The summed E-state index contributed by atoms with van der Waals surface area (Å²) in [6.45, 7) is 27.1. The number of nitrogens with zero attached hydrogens (tertiary/aromatic N) is 2. The van der Waals surface area contributed by atoms with E-state index < -0.39 is 0 Å². The second-order valence-corrected chi connectivity index (χ2v) is 13.5. The van der Waals surface area contributed by atoms with Gasteiger partial charge < -0.3 is 9.80 Å². The Morgan fingerprint density at radius 2 is 1.46 bits per heavy atom. The highest BCUT2D eigenvalue weighted by Gasteiger charge is 2.05. The molecule has 2 rings (SSSR count). The van der Waals surface area contributed by atoms with Crippen molar-refractivity contribution < 1.29 is 0 Å². The topological polar surface area (TPSA) is 6.48 Å². The molecule has 1 atom stereocenters. The maximum atomic E-state index is 4.43. The summed E-state index contributed by atoms with van der Waals surface area (Å²) < 4.78 is 0. The maximum absolute atomic E-state index is 4.43. The fraction of sp³-hybridized carbons (Fsp3) is 0.222. The van der Waals surface area contributed by atoms with Crippen molar-refractivity contribution >= 4 is 6.08 Å². The first-order valence-electron chi connectivity index (χ1n) is 19.9. The first kappa shape index (κ1) is 46.3. The minimum absolute atomic E-state index is 0.418. The molecule has 1 unspecified atom stereocenters. The fourth-order valence-electron chi connectivity index (χ4n) is 5.54. The van der Waals surface area contributed by atoms with Crippen molar-refractivity contribution in [3.63, 3.8) is 0 Å². The van der Waals surface area contributed by atoms with E-state index in [2.05, 4.69) is 204 Å². The van der Waals surface area contributed by atoms with E-state index in [4.69, 9.17) is 0 Å². The van der Waals surface area contributed by atoms with Gasteiger partial charge in [-0.1, -0.05) is 199 Å². The monoisotopic (exact) mass is 743 g/mol. The molecule has 0 fully saturated rings. The second kappa shape index (κ2) is 28.6. The normalized spacial score (nSPS) is 16.9. The summed E-state index contributed by atoms with van der Waals surface area (Å²) in [6.07, 6.45) is 57.6. The Morgan fingerprint density at radius 1 is 0.750 bits per heavy atom. The Morgan fingerprint density at radius 3 is 2.18 bits per heavy atom. The van der Waals surface area contributed by atoms with Gasteiger partial charge in [0.15, 0.2) is 0 Å². The third-order valence-corrected chi connectivity index (χ3v) is 9.06. The van der Waals surface area contributed by atoms with Crippen molar-refractivity contribution in [1.29, 1.82) is 0 Å². The van der Waals surface area contributed by atoms with Crippen LogP contribution in [0.15, 0.2) is 241 Å². The zero-order valence-electron chi connectivity index (χ0n) is 35.0. The Labute approximate surface area is 341 Å². The Bertz CT molecular complexity index is 1860. The minimum atomic E-state index is 0.418. The molecule has 0 saturated carbocycles. The van der Waals surface area contributed by atoms with Crippen LogP contribution in [0.3, 0.4) is 0 Å². The van der Waals surface area contributed by atoms with Crippen molar-refractivity contribution in [3.05, 3.63) is 247 Å². The van der Waals surface area contributed by atoms with Crippen LogP contribution in [0.5, 0.6) is 0 Å². The second-order valence-electron chi connectivity index (χ2n) is 13.5. The largest absolute Gasteiger partial charge is 0.348 e. The minimum Gasteiger partial charge on any atom is -0.348 e. The Kier molecular flexibility index (Phi) is 23.6. The lowest BCUT2D eigenvalue weighted by atomic mass is 9.96. The molecule has 0 radical (unpaired) electrons. The molecule has 292 valence electrons. The van der Waals surface area contributed by atoms with E-state index >= 15 is 0 Å². The van der Waals surface area contributed by atoms with Crippen LogP contribution in [-0.2, 0) is 0 Å². The average molecular weight is 743 g/mol. The van der Waals surface area contributed by atoms with E-state index in [0.29, 0.717) is 12.5 Å². The van der Waals surface area contributed by atoms with Crippen LogP contribution in [0.25, 0.3) is 6.08 Å². The highest BCUT2D eigenvalue weighted by molar-refractivity contribution is 5.50. The molecule has 56 heavy (non-hydrogen) atoms. The molecule has 1 aliphatic carbocycles. The van der Waals surface area contributed by atoms with Crippen LogP contribution < -0.4 is 0 Å². The Hall–Kier alpha value is -5.86. The van der Waals surface area contributed by atoms with Gasteiger partial charge in [-0.15, -0.1) is 0 Å². The van der Waals surface area contributed by atoms with Crippen LogP contribution in [0.1, 0.15) is 66.4 Å². The molecule has 0 heterocycles. The molecule has 0 aromatic heterocycles. The summed E-state index contributed by atoms with van der Waals surface area (Å²) in [5, 5.41) is 0. The number of rotatable bonds is 23. The molecule has 0 amide bonds. The molecule has 0 N–H and O–H groups in total. The third-order valence-electron chi connectivity index (χ3n) is 9.06. The van der Waals surface area contributed by atoms with Crippen molar-refractivity contribution in [2.24, 2.45) is 5.92 Å². The van der Waals surface area contributed by atoms with Crippen LogP contribution in [0.4, 0.5) is 0 Å². The van der Waals surface area contributed by atoms with E-state index in [1.54, 1.807) is 6.08 Å². The number of hydrogen-bond acceptors (Lipinski definition) is 2. The molecular formula is C54H66N2. The van der Waals surface area contributed by atoms with Gasteiger partial charge in [0.1, 0.15) is 0 Å². The molecule has 0 saturated heterocycles. The third kappa shape index (κ3) is 18.9. The van der Waals surface area contributed by atoms with Gasteiger partial charge in [-0.3, -0.25) is 0 Å². The molecule has 0 aliphatic heterocycles. The molecular weight excluding hydrogens is 677 g/mol. The highest BCUT2D eigenvalue weighted by atomic mass is 15.1. The number of benzene rings is 1. The van der Waals surface area contributed by atoms with Gasteiger partial charge >= 0.3 is 0 Å². The summed E-state index contributed by atoms with van der Waals surface area (Å²) >= 11 is 0. The van der Waals surface area contributed by atoms with Gasteiger partial charge in [-0.05, 0) is 97.3 Å². The summed E-state index contributed by atoms with van der Waals surface area (Å²) in [7, 11) is 0. The van der Waals surface area contributed by atoms with Crippen LogP contribution in [0.2, 0.25) is 0 Å². The molecule has 1 aliphatic rings. The van der Waals surface area contributed by atoms with Crippen molar-refractivity contribution in [2.75, 3.05) is 13.1 Å². The molecule has 0 spiro atoms. The van der Waals surface area contributed by atoms with Crippen molar-refractivity contribution in [3.8, 4) is 0 Å². The van der Waals surface area contributed by atoms with Crippen LogP contribution in [0, 0.1) is 5.92 Å². The van der Waals surface area contributed by atoms with Gasteiger partial charge in [0, 0.05) is 36.9 Å². The molecule has 1 aromatic carbocycles. The lowest BCUT2D eigenvalue weighted by Crippen LogP contribution is -2.14. The molecule has 1 aromatic rings. The lowest BCUT2D eigenvalue weighted by molar-refractivity contribution is 0.518. The summed E-state index contributed by atoms with van der Waals surface area (Å²) in [4.78, 5) is 4.39. The van der Waals surface area contributed by atoms with Gasteiger partial charge in [-0.2, -0.15) is 0 Å². The highest BCUT2D eigenvalue weighted by Crippen LogP contribution is 2.21. The quantitative estimate of drug-likeness (QED) is 0.103. The van der Waals surface area contributed by atoms with Crippen LogP contribution in [-0.4, -0.2) is 22.9 Å². The van der Waals surface area contributed by atoms with E-state index in [-0.39, 0.29) is 0 Å². The van der Waals surface area contributed by atoms with Crippen LogP contribution >= 0.6 is 0 Å². The zero-order valence-corrected chi connectivity index (χ0v) is 35.0. The van der Waals surface area contributed by atoms with Crippen molar-refractivity contribution in [1.82, 2.24) is 9.80 Å². The van der Waals surface area contributed by atoms with E-state index in [0.717, 1.165) is 37.1 Å². The SMILES string of the molecule is C=C/C=C\C=C\N(C/C=C\C=C1\C=CC=CC1C)C(=C)/C=C\C(=C)/C(=C/C=C(C)/C(=C/C=C(\C)N(/C=C/C=C\c1ccccc1)C/C=C\C=C/C)CCC)CC. The predicted molar refractivity (Wildman–Crippen MR) is 251 cm³/mol. The van der Waals surface area contributed by atoms with Gasteiger partial charge in [0.2, 0.25) is 0 Å².